The molecule has 2 rings (SSSR count). The fraction of sp³-hybridized carbons (Fsp3) is 0.200. The van der Waals surface area contributed by atoms with E-state index in [1.54, 1.807) is 0 Å². The quantitative estimate of drug-likeness (QED) is 0.830. The van der Waals surface area contributed by atoms with Crippen LogP contribution in [0.25, 0.3) is 0 Å². The molecule has 3 heteroatoms. The maximum Gasteiger partial charge on any atom is 0.0338 e. The van der Waals surface area contributed by atoms with Gasteiger partial charge in [0.05, 0.1) is 0 Å². The Bertz CT molecular complexity index is 552. The van der Waals surface area contributed by atoms with Crippen LogP contribution in [0.15, 0.2) is 51.4 Å². The molecular weight excluding hydrogens is 354 g/mol. The van der Waals surface area contributed by atoms with Gasteiger partial charge in [-0.15, -0.1) is 0 Å². The second kappa shape index (κ2) is 6.00. The van der Waals surface area contributed by atoms with E-state index in [1.165, 1.54) is 16.7 Å². The molecular formula is C15H15Br2N. The molecule has 0 bridgehead atoms. The largest absolute Gasteiger partial charge is 0.324 e. The average molecular weight is 369 g/mol. The Morgan fingerprint density at radius 2 is 1.78 bits per heavy atom. The van der Waals surface area contributed by atoms with Crippen molar-refractivity contribution in [2.45, 2.75) is 19.4 Å². The molecule has 94 valence electrons. The third kappa shape index (κ3) is 3.44. The van der Waals surface area contributed by atoms with Crippen molar-refractivity contribution in [2.75, 3.05) is 0 Å². The van der Waals surface area contributed by atoms with E-state index in [9.17, 15) is 0 Å². The zero-order valence-electron chi connectivity index (χ0n) is 10.2. The zero-order valence-corrected chi connectivity index (χ0v) is 13.3. The predicted octanol–water partition coefficient (Wildman–Crippen LogP) is 4.76. The third-order valence-corrected chi connectivity index (χ3v) is 3.97. The van der Waals surface area contributed by atoms with Crippen molar-refractivity contribution in [1.29, 1.82) is 0 Å². The number of aryl methyl sites for hydroxylation is 1. The molecule has 0 aliphatic carbocycles. The van der Waals surface area contributed by atoms with E-state index in [0.29, 0.717) is 0 Å². The molecule has 0 aromatic heterocycles. The molecule has 1 nitrogen and oxygen atoms in total. The van der Waals surface area contributed by atoms with Gasteiger partial charge in [-0.05, 0) is 54.3 Å². The number of rotatable bonds is 3. The number of halogens is 2. The summed E-state index contributed by atoms with van der Waals surface area (Å²) in [5.74, 6) is 0. The molecule has 0 amide bonds. The topological polar surface area (TPSA) is 26.0 Å². The van der Waals surface area contributed by atoms with Gasteiger partial charge >= 0.3 is 0 Å². The van der Waals surface area contributed by atoms with E-state index in [1.807, 2.05) is 18.2 Å². The molecule has 0 aliphatic rings. The van der Waals surface area contributed by atoms with Gasteiger partial charge in [0.15, 0.2) is 0 Å². The first-order valence-corrected chi connectivity index (χ1v) is 7.41. The lowest BCUT2D eigenvalue weighted by Crippen LogP contribution is -2.14. The Labute approximate surface area is 125 Å². The highest BCUT2D eigenvalue weighted by Crippen LogP contribution is 2.24. The summed E-state index contributed by atoms with van der Waals surface area (Å²) in [6, 6.07) is 14.6. The van der Waals surface area contributed by atoms with Crippen molar-refractivity contribution >= 4 is 31.9 Å². The van der Waals surface area contributed by atoms with Crippen molar-refractivity contribution in [2.24, 2.45) is 5.73 Å². The van der Waals surface area contributed by atoms with Crippen LogP contribution in [0.3, 0.4) is 0 Å². The van der Waals surface area contributed by atoms with Gasteiger partial charge in [0.2, 0.25) is 0 Å². The fourth-order valence-corrected chi connectivity index (χ4v) is 2.86. The standard InChI is InChI=1S/C15H15Br2N/c1-10-5-6-13(17)9-14(10)15(18)8-11-3-2-4-12(16)7-11/h2-7,9,15H,8,18H2,1H3. The number of nitrogens with two attached hydrogens (primary N) is 1. The number of benzene rings is 2. The van der Waals surface area contributed by atoms with Crippen LogP contribution in [0, 0.1) is 6.92 Å². The van der Waals surface area contributed by atoms with Crippen molar-refractivity contribution in [3.05, 3.63) is 68.1 Å². The number of hydrogen-bond acceptors (Lipinski definition) is 1. The summed E-state index contributed by atoms with van der Waals surface area (Å²) in [5.41, 5.74) is 9.99. The van der Waals surface area contributed by atoms with Gasteiger partial charge in [0.1, 0.15) is 0 Å². The minimum atomic E-state index is 0.0248. The van der Waals surface area contributed by atoms with Crippen LogP contribution in [0.2, 0.25) is 0 Å². The second-order valence-corrected chi connectivity index (χ2v) is 6.27. The molecule has 0 fully saturated rings. The van der Waals surface area contributed by atoms with Gasteiger partial charge in [-0.1, -0.05) is 50.1 Å². The first kappa shape index (κ1) is 13.8. The molecule has 0 spiro atoms. The van der Waals surface area contributed by atoms with Crippen molar-refractivity contribution in [3.63, 3.8) is 0 Å². The van der Waals surface area contributed by atoms with Crippen LogP contribution in [0.1, 0.15) is 22.7 Å². The number of hydrogen-bond donors (Lipinski definition) is 1. The summed E-state index contributed by atoms with van der Waals surface area (Å²) >= 11 is 6.98. The van der Waals surface area contributed by atoms with Crippen molar-refractivity contribution in [3.8, 4) is 0 Å². The highest BCUT2D eigenvalue weighted by molar-refractivity contribution is 9.10. The molecule has 0 aliphatic heterocycles. The Morgan fingerprint density at radius 1 is 1.06 bits per heavy atom. The van der Waals surface area contributed by atoms with Gasteiger partial charge in [-0.3, -0.25) is 0 Å². The average Bonchev–Trinajstić information content (AvgIpc) is 2.32. The van der Waals surface area contributed by atoms with Crippen LogP contribution in [-0.4, -0.2) is 0 Å². The predicted molar refractivity (Wildman–Crippen MR) is 83.7 cm³/mol. The molecule has 0 saturated carbocycles. The molecule has 1 atom stereocenters. The first-order chi connectivity index (χ1) is 8.56. The van der Waals surface area contributed by atoms with Crippen molar-refractivity contribution in [1.82, 2.24) is 0 Å². The van der Waals surface area contributed by atoms with Gasteiger partial charge in [-0.25, -0.2) is 0 Å². The Balaban J connectivity index is 2.21. The molecule has 2 N–H and O–H groups in total. The van der Waals surface area contributed by atoms with E-state index >= 15 is 0 Å². The lowest BCUT2D eigenvalue weighted by atomic mass is 9.96. The van der Waals surface area contributed by atoms with Gasteiger partial charge in [-0.2, -0.15) is 0 Å². The SMILES string of the molecule is Cc1ccc(Br)cc1C(N)Cc1cccc(Br)c1. The normalized spacial score (nSPS) is 12.4. The highest BCUT2D eigenvalue weighted by atomic mass is 79.9. The Hall–Kier alpha value is -0.640. The Morgan fingerprint density at radius 3 is 2.50 bits per heavy atom. The fourth-order valence-electron chi connectivity index (χ4n) is 2.04. The minimum absolute atomic E-state index is 0.0248. The maximum atomic E-state index is 6.31. The smallest absolute Gasteiger partial charge is 0.0338 e. The van der Waals surface area contributed by atoms with E-state index in [0.717, 1.165) is 15.4 Å². The van der Waals surface area contributed by atoms with E-state index in [2.05, 4.69) is 63.0 Å². The minimum Gasteiger partial charge on any atom is -0.324 e. The molecule has 2 aromatic rings. The van der Waals surface area contributed by atoms with Crippen LogP contribution in [0.4, 0.5) is 0 Å². The van der Waals surface area contributed by atoms with Gasteiger partial charge in [0.25, 0.3) is 0 Å². The van der Waals surface area contributed by atoms with Gasteiger partial charge in [0, 0.05) is 15.0 Å². The summed E-state index contributed by atoms with van der Waals surface area (Å²) in [6.07, 6.45) is 0.844. The van der Waals surface area contributed by atoms with E-state index < -0.39 is 0 Å². The maximum absolute atomic E-state index is 6.31. The molecule has 18 heavy (non-hydrogen) atoms. The van der Waals surface area contributed by atoms with E-state index in [-0.39, 0.29) is 6.04 Å². The summed E-state index contributed by atoms with van der Waals surface area (Å²) in [6.45, 7) is 2.10. The zero-order chi connectivity index (χ0) is 13.1. The molecule has 0 saturated heterocycles. The lowest BCUT2D eigenvalue weighted by molar-refractivity contribution is 0.716. The molecule has 2 aromatic carbocycles. The van der Waals surface area contributed by atoms with Crippen LogP contribution in [-0.2, 0) is 6.42 Å². The van der Waals surface area contributed by atoms with Crippen LogP contribution in [0.5, 0.6) is 0 Å². The summed E-state index contributed by atoms with van der Waals surface area (Å²) in [4.78, 5) is 0. The summed E-state index contributed by atoms with van der Waals surface area (Å²) < 4.78 is 2.17. The first-order valence-electron chi connectivity index (χ1n) is 5.82. The van der Waals surface area contributed by atoms with E-state index in [4.69, 9.17) is 5.73 Å². The van der Waals surface area contributed by atoms with Gasteiger partial charge < -0.3 is 5.73 Å². The molecule has 1 unspecified atom stereocenters. The van der Waals surface area contributed by atoms with Crippen LogP contribution >= 0.6 is 31.9 Å². The Kier molecular flexibility index (Phi) is 4.60. The lowest BCUT2D eigenvalue weighted by Gasteiger charge is -2.15. The third-order valence-electron chi connectivity index (χ3n) is 2.99. The molecule has 0 heterocycles. The summed E-state index contributed by atoms with van der Waals surface area (Å²) in [5, 5.41) is 0. The highest BCUT2D eigenvalue weighted by Gasteiger charge is 2.10. The van der Waals surface area contributed by atoms with Crippen molar-refractivity contribution < 1.29 is 0 Å². The summed E-state index contributed by atoms with van der Waals surface area (Å²) in [7, 11) is 0. The molecule has 0 radical (unpaired) electrons. The second-order valence-electron chi connectivity index (χ2n) is 4.44. The monoisotopic (exact) mass is 367 g/mol. The van der Waals surface area contributed by atoms with Crippen LogP contribution < -0.4 is 5.73 Å².